The molecule has 0 aliphatic carbocycles. The summed E-state index contributed by atoms with van der Waals surface area (Å²) in [6, 6.07) is 27.8. The van der Waals surface area contributed by atoms with Crippen molar-refractivity contribution in [3.8, 4) is 17.2 Å². The number of hydrogen-bond acceptors (Lipinski definition) is 3. The fourth-order valence-electron chi connectivity index (χ4n) is 4.46. The first-order valence-electron chi connectivity index (χ1n) is 11.3. The summed E-state index contributed by atoms with van der Waals surface area (Å²) in [7, 11) is 0. The van der Waals surface area contributed by atoms with E-state index in [0.717, 1.165) is 38.9 Å². The molecule has 0 saturated heterocycles. The molecule has 0 fully saturated rings. The molecule has 1 aromatic heterocycles. The summed E-state index contributed by atoms with van der Waals surface area (Å²) >= 11 is 0. The Morgan fingerprint density at radius 3 is 2.33 bits per heavy atom. The summed E-state index contributed by atoms with van der Waals surface area (Å²) in [6.45, 7) is 6.62. The highest BCUT2D eigenvalue weighted by molar-refractivity contribution is 5.98. The first kappa shape index (κ1) is 22.2. The van der Waals surface area contributed by atoms with Gasteiger partial charge in [-0.2, -0.15) is 5.26 Å². The zero-order valence-corrected chi connectivity index (χ0v) is 19.2. The number of hydrogen-bond donors (Lipinski definition) is 0. The Morgan fingerprint density at radius 2 is 1.67 bits per heavy atom. The molecular formula is C29H27N3O. The lowest BCUT2D eigenvalue weighted by molar-refractivity contribution is -0.132. The monoisotopic (exact) mass is 433 g/mol. The molecule has 33 heavy (non-hydrogen) atoms. The molecule has 4 nitrogen and oxygen atoms in total. The Morgan fingerprint density at radius 1 is 1.00 bits per heavy atom. The number of pyridine rings is 1. The van der Waals surface area contributed by atoms with Crippen LogP contribution in [-0.4, -0.2) is 22.3 Å². The molecule has 0 saturated carbocycles. The van der Waals surface area contributed by atoms with Gasteiger partial charge in [-0.3, -0.25) is 9.78 Å². The van der Waals surface area contributed by atoms with Crippen LogP contribution in [0.3, 0.4) is 0 Å². The van der Waals surface area contributed by atoms with Crippen LogP contribution in [0.15, 0.2) is 78.9 Å². The van der Waals surface area contributed by atoms with Crippen LogP contribution in [0.1, 0.15) is 42.3 Å². The van der Waals surface area contributed by atoms with Gasteiger partial charge in [0.15, 0.2) is 0 Å². The number of rotatable bonds is 6. The maximum Gasteiger partial charge on any atom is 0.227 e. The van der Waals surface area contributed by atoms with Crippen molar-refractivity contribution in [3.63, 3.8) is 0 Å². The van der Waals surface area contributed by atoms with E-state index >= 15 is 0 Å². The number of aryl methyl sites for hydroxylation is 1. The summed E-state index contributed by atoms with van der Waals surface area (Å²) in [5.74, 6) is 0.0618. The van der Waals surface area contributed by atoms with Gasteiger partial charge in [-0.15, -0.1) is 0 Å². The third kappa shape index (κ3) is 4.49. The lowest BCUT2D eigenvalue weighted by Crippen LogP contribution is -2.35. The van der Waals surface area contributed by atoms with Crippen LogP contribution < -0.4 is 0 Å². The second kappa shape index (κ2) is 9.67. The lowest BCUT2D eigenvalue weighted by atomic mass is 9.92. The third-order valence-corrected chi connectivity index (χ3v) is 6.24. The van der Waals surface area contributed by atoms with E-state index in [1.54, 1.807) is 12.1 Å². The van der Waals surface area contributed by atoms with E-state index in [4.69, 9.17) is 10.2 Å². The number of amides is 1. The number of carbonyl (C=O) groups excluding carboxylic acids is 1. The van der Waals surface area contributed by atoms with Crippen molar-refractivity contribution in [2.75, 3.05) is 6.54 Å². The maximum absolute atomic E-state index is 13.6. The summed E-state index contributed by atoms with van der Waals surface area (Å²) in [5, 5.41) is 10.1. The zero-order valence-electron chi connectivity index (χ0n) is 19.2. The van der Waals surface area contributed by atoms with E-state index in [2.05, 4.69) is 24.3 Å². The van der Waals surface area contributed by atoms with Crippen molar-refractivity contribution in [1.29, 1.82) is 5.26 Å². The van der Waals surface area contributed by atoms with E-state index in [9.17, 15) is 4.79 Å². The summed E-state index contributed by atoms with van der Waals surface area (Å²) in [5.41, 5.74) is 6.58. The van der Waals surface area contributed by atoms with E-state index in [-0.39, 0.29) is 18.4 Å². The van der Waals surface area contributed by atoms with Crippen LogP contribution in [0, 0.1) is 18.3 Å². The summed E-state index contributed by atoms with van der Waals surface area (Å²) < 4.78 is 0. The van der Waals surface area contributed by atoms with Crippen LogP contribution in [0.4, 0.5) is 0 Å². The van der Waals surface area contributed by atoms with Crippen LogP contribution in [-0.2, 0) is 11.2 Å². The summed E-state index contributed by atoms with van der Waals surface area (Å²) in [6.07, 6.45) is 0.280. The van der Waals surface area contributed by atoms with Gasteiger partial charge in [0.1, 0.15) is 0 Å². The quantitative estimate of drug-likeness (QED) is 0.362. The number of nitrogens with zero attached hydrogens (tertiary/aromatic N) is 3. The van der Waals surface area contributed by atoms with Crippen molar-refractivity contribution < 1.29 is 4.79 Å². The molecular weight excluding hydrogens is 406 g/mol. The van der Waals surface area contributed by atoms with Gasteiger partial charge < -0.3 is 4.90 Å². The molecule has 4 heteroatoms. The molecule has 3 aromatic carbocycles. The van der Waals surface area contributed by atoms with Crippen molar-refractivity contribution in [2.45, 2.75) is 33.2 Å². The molecule has 1 amide bonds. The molecule has 1 atom stereocenters. The Kier molecular flexibility index (Phi) is 6.51. The lowest BCUT2D eigenvalue weighted by Gasteiger charge is -2.29. The molecule has 1 unspecified atom stereocenters. The predicted octanol–water partition coefficient (Wildman–Crippen LogP) is 6.23. The molecule has 0 spiro atoms. The highest BCUT2D eigenvalue weighted by Crippen LogP contribution is 2.34. The minimum Gasteiger partial charge on any atom is -0.336 e. The normalized spacial score (nSPS) is 11.7. The number of benzene rings is 3. The molecule has 0 aliphatic heterocycles. The molecule has 0 N–H and O–H groups in total. The van der Waals surface area contributed by atoms with Crippen LogP contribution in [0.25, 0.3) is 22.0 Å². The number of aromatic nitrogens is 1. The number of fused-ring (bicyclic) bond motifs is 1. The van der Waals surface area contributed by atoms with E-state index < -0.39 is 0 Å². The summed E-state index contributed by atoms with van der Waals surface area (Å²) in [4.78, 5) is 20.3. The molecule has 0 bridgehead atoms. The Balaban J connectivity index is 1.74. The van der Waals surface area contributed by atoms with E-state index in [1.165, 1.54) is 0 Å². The fourth-order valence-corrected chi connectivity index (χ4v) is 4.46. The third-order valence-electron chi connectivity index (χ3n) is 6.24. The minimum absolute atomic E-state index is 0.0618. The molecule has 1 heterocycles. The highest BCUT2D eigenvalue weighted by Gasteiger charge is 2.23. The molecule has 4 rings (SSSR count). The Labute approximate surface area is 195 Å². The molecule has 164 valence electrons. The van der Waals surface area contributed by atoms with E-state index in [1.807, 2.05) is 74.2 Å². The average Bonchev–Trinajstić information content (AvgIpc) is 2.85. The van der Waals surface area contributed by atoms with Crippen molar-refractivity contribution >= 4 is 16.8 Å². The number of para-hydroxylation sites is 1. The second-order valence-electron chi connectivity index (χ2n) is 8.20. The molecule has 4 aromatic rings. The van der Waals surface area contributed by atoms with Crippen LogP contribution >= 0.6 is 0 Å². The largest absolute Gasteiger partial charge is 0.336 e. The zero-order chi connectivity index (χ0) is 23.4. The molecule has 0 aliphatic rings. The standard InChI is InChI=1S/C29H27N3O/c1-4-32(21(3)23-16-14-22(19-30)15-17-23)28(33)18-26-20(2)31-27-13-9-8-12-25(27)29(26)24-10-6-5-7-11-24/h5-17,21H,4,18H2,1-3H3. The van der Waals surface area contributed by atoms with Crippen molar-refractivity contribution in [1.82, 2.24) is 9.88 Å². The van der Waals surface area contributed by atoms with Gasteiger partial charge in [0.05, 0.1) is 29.6 Å². The van der Waals surface area contributed by atoms with Gasteiger partial charge in [0.25, 0.3) is 0 Å². The van der Waals surface area contributed by atoms with Gasteiger partial charge >= 0.3 is 0 Å². The molecule has 0 radical (unpaired) electrons. The average molecular weight is 434 g/mol. The van der Waals surface area contributed by atoms with Gasteiger partial charge in [-0.25, -0.2) is 0 Å². The smallest absolute Gasteiger partial charge is 0.227 e. The minimum atomic E-state index is -0.0934. The number of likely N-dealkylation sites (N-methyl/N-ethyl adjacent to an activating group) is 1. The second-order valence-corrected chi connectivity index (χ2v) is 8.20. The van der Waals surface area contributed by atoms with Crippen LogP contribution in [0.2, 0.25) is 0 Å². The maximum atomic E-state index is 13.6. The highest BCUT2D eigenvalue weighted by atomic mass is 16.2. The van der Waals surface area contributed by atoms with Crippen LogP contribution in [0.5, 0.6) is 0 Å². The van der Waals surface area contributed by atoms with E-state index in [0.29, 0.717) is 12.1 Å². The number of carbonyl (C=O) groups is 1. The number of nitriles is 1. The fraction of sp³-hybridized carbons (Fsp3) is 0.207. The first-order chi connectivity index (χ1) is 16.0. The Bertz CT molecular complexity index is 1320. The van der Waals surface area contributed by atoms with Crippen molar-refractivity contribution in [3.05, 3.63) is 101 Å². The van der Waals surface area contributed by atoms with Gasteiger partial charge in [0.2, 0.25) is 5.91 Å². The SMILES string of the molecule is CCN(C(=O)Cc1c(C)nc2ccccc2c1-c1ccccc1)C(C)c1ccc(C#N)cc1. The van der Waals surface area contributed by atoms with Gasteiger partial charge in [-0.05, 0) is 61.2 Å². The first-order valence-corrected chi connectivity index (χ1v) is 11.3. The van der Waals surface area contributed by atoms with Gasteiger partial charge in [0, 0.05) is 17.6 Å². The predicted molar refractivity (Wildman–Crippen MR) is 133 cm³/mol. The topological polar surface area (TPSA) is 57.0 Å². The Hall–Kier alpha value is -3.97. The van der Waals surface area contributed by atoms with Gasteiger partial charge in [-0.1, -0.05) is 60.7 Å². The van der Waals surface area contributed by atoms with Crippen molar-refractivity contribution in [2.24, 2.45) is 0 Å².